The van der Waals surface area contributed by atoms with Crippen molar-refractivity contribution in [2.24, 2.45) is 7.05 Å². The standard InChI is InChI=1S/C7H8N/c1-7-5-3-4-6-8(7)2/h3,5H,1-2H3/q+1. The average molecular weight is 106 g/mol. The predicted molar refractivity (Wildman–Crippen MR) is 30.0 cm³/mol. The van der Waals surface area contributed by atoms with Crippen molar-refractivity contribution in [2.45, 2.75) is 6.92 Å². The van der Waals surface area contributed by atoms with Crippen molar-refractivity contribution in [1.82, 2.24) is 0 Å². The lowest BCUT2D eigenvalue weighted by molar-refractivity contribution is -0.678. The maximum Gasteiger partial charge on any atom is 0.227 e. The summed E-state index contributed by atoms with van der Waals surface area (Å²) in [6, 6.07) is 6.69. The minimum absolute atomic E-state index is 1.20. The minimum atomic E-state index is 1.20. The quantitative estimate of drug-likeness (QED) is 0.422. The highest BCUT2D eigenvalue weighted by Gasteiger charge is 1.91. The maximum absolute atomic E-state index is 2.89. The Morgan fingerprint density at radius 2 is 2.38 bits per heavy atom. The Labute approximate surface area is 49.6 Å². The van der Waals surface area contributed by atoms with Gasteiger partial charge in [-0.25, -0.2) is 0 Å². The van der Waals surface area contributed by atoms with E-state index in [2.05, 4.69) is 12.3 Å². The van der Waals surface area contributed by atoms with Crippen LogP contribution in [0, 0.1) is 19.2 Å². The summed E-state index contributed by atoms with van der Waals surface area (Å²) in [5.41, 5.74) is 1.20. The van der Waals surface area contributed by atoms with E-state index in [4.69, 9.17) is 0 Å². The molecule has 40 valence electrons. The van der Waals surface area contributed by atoms with Gasteiger partial charge in [0.2, 0.25) is 6.20 Å². The first-order valence-electron chi connectivity index (χ1n) is 2.56. The number of nitrogens with zero attached hydrogens (tertiary/aromatic N) is 1. The fourth-order valence-electron chi connectivity index (χ4n) is 0.496. The molecule has 0 aromatic carbocycles. The first kappa shape index (κ1) is 5.11. The minimum Gasteiger partial charge on any atom is -0.150 e. The lowest BCUT2D eigenvalue weighted by Crippen LogP contribution is -2.29. The average Bonchev–Trinajstić information content (AvgIpc) is 1.77. The van der Waals surface area contributed by atoms with Gasteiger partial charge in [-0.15, -0.1) is 4.57 Å². The predicted octanol–water partition coefficient (Wildman–Crippen LogP) is 0.420. The molecule has 0 aliphatic rings. The van der Waals surface area contributed by atoms with E-state index in [1.165, 1.54) is 5.69 Å². The highest BCUT2D eigenvalue weighted by atomic mass is 14.9. The van der Waals surface area contributed by atoms with Crippen LogP contribution in [0.15, 0.2) is 12.1 Å². The molecule has 0 spiro atoms. The summed E-state index contributed by atoms with van der Waals surface area (Å²) in [7, 11) is 1.95. The molecule has 0 fully saturated rings. The van der Waals surface area contributed by atoms with Gasteiger partial charge in [-0.3, -0.25) is 0 Å². The van der Waals surface area contributed by atoms with E-state index in [9.17, 15) is 0 Å². The van der Waals surface area contributed by atoms with Crippen LogP contribution in [-0.4, -0.2) is 0 Å². The zero-order valence-corrected chi connectivity index (χ0v) is 5.10. The smallest absolute Gasteiger partial charge is 0.150 e. The molecule has 0 aliphatic carbocycles. The van der Waals surface area contributed by atoms with Gasteiger partial charge in [-0.2, -0.15) is 0 Å². The van der Waals surface area contributed by atoms with E-state index in [0.717, 1.165) is 0 Å². The molecule has 0 aliphatic heterocycles. The second-order valence-corrected chi connectivity index (χ2v) is 1.79. The Hall–Kier alpha value is -1.03. The fourth-order valence-corrected chi connectivity index (χ4v) is 0.496. The molecule has 1 heteroatoms. The van der Waals surface area contributed by atoms with Crippen LogP contribution in [-0.2, 0) is 7.05 Å². The van der Waals surface area contributed by atoms with Gasteiger partial charge in [0.05, 0.1) is 0 Å². The van der Waals surface area contributed by atoms with Gasteiger partial charge in [0, 0.05) is 25.1 Å². The molecule has 0 radical (unpaired) electrons. The van der Waals surface area contributed by atoms with Crippen LogP contribution in [0.2, 0.25) is 0 Å². The van der Waals surface area contributed by atoms with Crippen LogP contribution in [0.5, 0.6) is 0 Å². The molecule has 1 nitrogen and oxygen atoms in total. The molecule has 0 bridgehead atoms. The summed E-state index contributed by atoms with van der Waals surface area (Å²) in [6.07, 6.45) is 2.89. The molecular formula is C7H8N+. The molecule has 1 aromatic rings. The molecule has 0 atom stereocenters. The molecule has 1 rings (SSSR count). The molecule has 1 aromatic heterocycles. The van der Waals surface area contributed by atoms with Gasteiger partial charge >= 0.3 is 0 Å². The molecule has 0 unspecified atom stereocenters. The monoisotopic (exact) mass is 106 g/mol. The van der Waals surface area contributed by atoms with E-state index >= 15 is 0 Å². The number of rotatable bonds is 0. The van der Waals surface area contributed by atoms with Crippen molar-refractivity contribution < 1.29 is 4.57 Å². The fraction of sp³-hybridized carbons (Fsp3) is 0.286. The van der Waals surface area contributed by atoms with Crippen LogP contribution < -0.4 is 4.57 Å². The lowest BCUT2D eigenvalue weighted by Gasteiger charge is -1.81. The summed E-state index contributed by atoms with van der Waals surface area (Å²) in [6.45, 7) is 2.03. The van der Waals surface area contributed by atoms with E-state index in [0.29, 0.717) is 0 Å². The van der Waals surface area contributed by atoms with Crippen molar-refractivity contribution >= 4 is 0 Å². The van der Waals surface area contributed by atoms with Crippen LogP contribution in [0.25, 0.3) is 0 Å². The van der Waals surface area contributed by atoms with E-state index < -0.39 is 0 Å². The van der Waals surface area contributed by atoms with Crippen LogP contribution in [0.4, 0.5) is 0 Å². The summed E-state index contributed by atoms with van der Waals surface area (Å²) in [4.78, 5) is 0. The summed E-state index contributed by atoms with van der Waals surface area (Å²) in [5.74, 6) is 0. The third kappa shape index (κ3) is 0.788. The third-order valence-electron chi connectivity index (χ3n) is 1.17. The second-order valence-electron chi connectivity index (χ2n) is 1.79. The van der Waals surface area contributed by atoms with Crippen LogP contribution >= 0.6 is 0 Å². The first-order valence-corrected chi connectivity index (χ1v) is 2.56. The van der Waals surface area contributed by atoms with Crippen molar-refractivity contribution in [3.05, 3.63) is 30.1 Å². The van der Waals surface area contributed by atoms with Crippen molar-refractivity contribution in [3.8, 4) is 0 Å². The van der Waals surface area contributed by atoms with Gasteiger partial charge in [0.1, 0.15) is 7.05 Å². The van der Waals surface area contributed by atoms with Crippen molar-refractivity contribution in [1.29, 1.82) is 0 Å². The van der Waals surface area contributed by atoms with E-state index in [1.807, 2.05) is 30.7 Å². The van der Waals surface area contributed by atoms with E-state index in [-0.39, 0.29) is 0 Å². The number of aromatic nitrogens is 1. The summed E-state index contributed by atoms with van der Waals surface area (Å²) in [5, 5.41) is 0. The molecule has 1 heterocycles. The summed E-state index contributed by atoms with van der Waals surface area (Å²) < 4.78 is 1.90. The molecule has 8 heavy (non-hydrogen) atoms. The Morgan fingerprint density at radius 1 is 1.62 bits per heavy atom. The van der Waals surface area contributed by atoms with Crippen LogP contribution in [0.3, 0.4) is 0 Å². The largest absolute Gasteiger partial charge is 0.227 e. The van der Waals surface area contributed by atoms with Gasteiger partial charge in [-0.05, 0) is 0 Å². The van der Waals surface area contributed by atoms with E-state index in [1.54, 1.807) is 0 Å². The Morgan fingerprint density at radius 3 is 2.75 bits per heavy atom. The Kier molecular flexibility index (Phi) is 1.17. The zero-order valence-electron chi connectivity index (χ0n) is 5.10. The Bertz CT molecular complexity index is 160. The van der Waals surface area contributed by atoms with Gasteiger partial charge in [0.25, 0.3) is 0 Å². The topological polar surface area (TPSA) is 3.88 Å². The van der Waals surface area contributed by atoms with Gasteiger partial charge < -0.3 is 0 Å². The van der Waals surface area contributed by atoms with Crippen molar-refractivity contribution in [3.63, 3.8) is 0 Å². The lowest BCUT2D eigenvalue weighted by atomic mass is 10.4. The third-order valence-corrected chi connectivity index (χ3v) is 1.17. The molecule has 0 N–H and O–H groups in total. The molecule has 0 amide bonds. The normalized spacial score (nSPS) is 8.25. The molecular weight excluding hydrogens is 98.1 g/mol. The number of hydrogen-bond donors (Lipinski definition) is 0. The zero-order chi connectivity index (χ0) is 5.98. The van der Waals surface area contributed by atoms with Crippen molar-refractivity contribution in [2.75, 3.05) is 0 Å². The highest BCUT2D eigenvalue weighted by Crippen LogP contribution is 1.78. The Balaban J connectivity index is 3.13. The SMILES string of the molecule is Cc1ccc#c[n+]1C. The number of aryl methyl sites for hydroxylation is 1. The molecule has 0 saturated carbocycles. The first-order chi connectivity index (χ1) is 3.80. The van der Waals surface area contributed by atoms with Crippen LogP contribution in [0.1, 0.15) is 5.69 Å². The maximum atomic E-state index is 2.89. The van der Waals surface area contributed by atoms with Gasteiger partial charge in [0.15, 0.2) is 5.69 Å². The summed E-state index contributed by atoms with van der Waals surface area (Å²) >= 11 is 0. The second kappa shape index (κ2) is 1.83. The number of hydrogen-bond acceptors (Lipinski definition) is 0. The van der Waals surface area contributed by atoms with Gasteiger partial charge in [-0.1, -0.05) is 0 Å². The highest BCUT2D eigenvalue weighted by molar-refractivity contribution is 4.88. The molecule has 0 saturated heterocycles.